The fraction of sp³-hybridized carbons (Fsp3) is 1.00. The molecule has 0 heterocycles. The molecule has 0 aromatic rings. The molecule has 2 heteroatoms. The summed E-state index contributed by atoms with van der Waals surface area (Å²) < 4.78 is 5.02. The van der Waals surface area contributed by atoms with E-state index >= 15 is 0 Å². The van der Waals surface area contributed by atoms with Crippen molar-refractivity contribution in [3.8, 4) is 0 Å². The monoisotopic (exact) mass is 124 g/mol. The van der Waals surface area contributed by atoms with Gasteiger partial charge in [0.05, 0.1) is 0 Å². The SMILES string of the molecule is CC[O][Zn][CH3]. The fourth-order valence-electron chi connectivity index (χ4n) is 0.204. The number of hydrogen-bond acceptors (Lipinski definition) is 1. The Morgan fingerprint density at radius 1 is 1.80 bits per heavy atom. The third-order valence-corrected chi connectivity index (χ3v) is 2.12. The fourth-order valence-corrected chi connectivity index (χ4v) is 1.06. The molecule has 0 bridgehead atoms. The molecule has 28 valence electrons. The maximum atomic E-state index is 5.02. The van der Waals surface area contributed by atoms with Crippen LogP contribution in [0.5, 0.6) is 0 Å². The topological polar surface area (TPSA) is 9.23 Å². The molecule has 0 unspecified atom stereocenters. The first-order valence-electron chi connectivity index (χ1n) is 1.99. The standard InChI is InChI=1S/C2H5O.CH3.Zn/c1-2-3;;/h2H2,1H3;1H3;/q-1;;+1. The Labute approximate surface area is 40.7 Å². The van der Waals surface area contributed by atoms with Gasteiger partial charge in [0.15, 0.2) is 0 Å². The van der Waals surface area contributed by atoms with E-state index in [1.54, 1.807) is 0 Å². The van der Waals surface area contributed by atoms with Gasteiger partial charge in [-0.15, -0.1) is 0 Å². The van der Waals surface area contributed by atoms with Crippen molar-refractivity contribution in [3.63, 3.8) is 0 Å². The molecule has 0 saturated carbocycles. The average molecular weight is 125 g/mol. The summed E-state index contributed by atoms with van der Waals surface area (Å²) in [6.45, 7) is 2.96. The molecule has 0 fully saturated rings. The first-order valence-corrected chi connectivity index (χ1v) is 6.17. The molecule has 0 aliphatic carbocycles. The van der Waals surface area contributed by atoms with Crippen LogP contribution in [0.2, 0.25) is 5.52 Å². The predicted molar refractivity (Wildman–Crippen MR) is 17.5 cm³/mol. The normalized spacial score (nSPS) is 6.80. The zero-order chi connectivity index (χ0) is 4.12. The molecule has 0 aliphatic rings. The van der Waals surface area contributed by atoms with Gasteiger partial charge in [0.1, 0.15) is 0 Å². The van der Waals surface area contributed by atoms with Gasteiger partial charge in [0.2, 0.25) is 0 Å². The molecule has 0 rings (SSSR count). The summed E-state index contributed by atoms with van der Waals surface area (Å²) in [6.07, 6.45) is 0. The van der Waals surface area contributed by atoms with Crippen molar-refractivity contribution in [1.29, 1.82) is 0 Å². The summed E-state index contributed by atoms with van der Waals surface area (Å²) in [7, 11) is 0. The Morgan fingerprint density at radius 3 is 2.40 bits per heavy atom. The Morgan fingerprint density at radius 2 is 2.40 bits per heavy atom. The summed E-state index contributed by atoms with van der Waals surface area (Å²) in [4.78, 5) is 0. The second-order valence-electron chi connectivity index (χ2n) is 0.781. The van der Waals surface area contributed by atoms with E-state index in [4.69, 9.17) is 3.56 Å². The van der Waals surface area contributed by atoms with E-state index in [1.807, 2.05) is 6.92 Å². The van der Waals surface area contributed by atoms with Crippen molar-refractivity contribution in [2.75, 3.05) is 6.61 Å². The minimum absolute atomic E-state index is 0.411. The van der Waals surface area contributed by atoms with E-state index in [2.05, 4.69) is 5.52 Å². The van der Waals surface area contributed by atoms with Crippen LogP contribution in [0.3, 0.4) is 0 Å². The molecule has 0 spiro atoms. The van der Waals surface area contributed by atoms with E-state index in [1.165, 1.54) is 0 Å². The predicted octanol–water partition coefficient (Wildman–Crippen LogP) is 1.07. The molecule has 0 amide bonds. The van der Waals surface area contributed by atoms with Crippen LogP contribution in [0, 0.1) is 0 Å². The summed E-state index contributed by atoms with van der Waals surface area (Å²) in [6, 6.07) is 0. The van der Waals surface area contributed by atoms with Crippen LogP contribution in [0.1, 0.15) is 6.92 Å². The van der Waals surface area contributed by atoms with E-state index in [0.717, 1.165) is 6.61 Å². The summed E-state index contributed by atoms with van der Waals surface area (Å²) in [5.74, 6) is 0. The molecule has 0 radical (unpaired) electrons. The van der Waals surface area contributed by atoms with Crippen molar-refractivity contribution < 1.29 is 21.1 Å². The van der Waals surface area contributed by atoms with E-state index < -0.39 is 17.5 Å². The molecular formula is C3H8OZn. The zero-order valence-electron chi connectivity index (χ0n) is 3.82. The first kappa shape index (κ1) is 5.58. The van der Waals surface area contributed by atoms with Crippen LogP contribution < -0.4 is 0 Å². The van der Waals surface area contributed by atoms with Gasteiger partial charge < -0.3 is 0 Å². The first-order chi connectivity index (χ1) is 2.41. The Kier molecular flexibility index (Phi) is 5.12. The molecule has 0 aromatic carbocycles. The maximum absolute atomic E-state index is 5.02. The Hall–Kier alpha value is 0.583. The summed E-state index contributed by atoms with van der Waals surface area (Å²) >= 11 is -0.411. The minimum atomic E-state index is -0.411. The van der Waals surface area contributed by atoms with Crippen molar-refractivity contribution in [1.82, 2.24) is 0 Å². The number of rotatable bonds is 2. The van der Waals surface area contributed by atoms with Gasteiger partial charge in [-0.3, -0.25) is 0 Å². The van der Waals surface area contributed by atoms with Crippen LogP contribution in [0.25, 0.3) is 0 Å². The van der Waals surface area contributed by atoms with Crippen LogP contribution in [-0.4, -0.2) is 6.61 Å². The van der Waals surface area contributed by atoms with Crippen molar-refractivity contribution in [3.05, 3.63) is 0 Å². The molecular weight excluding hydrogens is 117 g/mol. The van der Waals surface area contributed by atoms with Crippen LogP contribution in [0.4, 0.5) is 0 Å². The molecule has 0 saturated heterocycles. The average Bonchev–Trinajstić information content (AvgIpc) is 1.41. The van der Waals surface area contributed by atoms with Crippen LogP contribution >= 0.6 is 0 Å². The van der Waals surface area contributed by atoms with Crippen molar-refractivity contribution in [2.24, 2.45) is 0 Å². The molecule has 1 nitrogen and oxygen atoms in total. The second kappa shape index (κ2) is 4.58. The second-order valence-corrected chi connectivity index (χ2v) is 2.85. The van der Waals surface area contributed by atoms with Crippen molar-refractivity contribution >= 4 is 0 Å². The van der Waals surface area contributed by atoms with E-state index in [9.17, 15) is 0 Å². The van der Waals surface area contributed by atoms with Gasteiger partial charge in [0.25, 0.3) is 0 Å². The van der Waals surface area contributed by atoms with Gasteiger partial charge in [-0.1, -0.05) is 0 Å². The molecule has 0 aliphatic heterocycles. The van der Waals surface area contributed by atoms with Crippen LogP contribution in [0.15, 0.2) is 0 Å². The molecule has 0 aromatic heterocycles. The quantitative estimate of drug-likeness (QED) is 0.502. The van der Waals surface area contributed by atoms with Gasteiger partial charge in [-0.2, -0.15) is 0 Å². The van der Waals surface area contributed by atoms with Crippen LogP contribution in [-0.2, 0) is 21.1 Å². The molecule has 5 heavy (non-hydrogen) atoms. The van der Waals surface area contributed by atoms with Gasteiger partial charge in [-0.05, 0) is 0 Å². The molecule has 0 atom stereocenters. The summed E-state index contributed by atoms with van der Waals surface area (Å²) in [5.41, 5.74) is 2.18. The zero-order valence-corrected chi connectivity index (χ0v) is 6.79. The van der Waals surface area contributed by atoms with Gasteiger partial charge in [-0.25, -0.2) is 0 Å². The van der Waals surface area contributed by atoms with Gasteiger partial charge in [0, 0.05) is 0 Å². The van der Waals surface area contributed by atoms with Gasteiger partial charge >= 0.3 is 40.1 Å². The summed E-state index contributed by atoms with van der Waals surface area (Å²) in [5, 5.41) is 0. The Balaban J connectivity index is 2.19. The Bertz CT molecular complexity index is 14.4. The molecule has 0 N–H and O–H groups in total. The third-order valence-electron chi connectivity index (χ3n) is 0.408. The van der Waals surface area contributed by atoms with Crippen molar-refractivity contribution in [2.45, 2.75) is 12.4 Å². The van der Waals surface area contributed by atoms with E-state index in [-0.39, 0.29) is 0 Å². The third kappa shape index (κ3) is 4.58. The van der Waals surface area contributed by atoms with E-state index in [0.29, 0.717) is 0 Å². The number of hydrogen-bond donors (Lipinski definition) is 0.